The number of carbonyl (C=O) groups excluding carboxylic acids is 3. The Kier molecular flexibility index (Phi) is 12.7. The van der Waals surface area contributed by atoms with E-state index in [1.807, 2.05) is 34.1 Å². The SMILES string of the molecule is O=C(N[C@H](Cc1ccc(O[C@H]2O[C@H](CO)[C@H](O)[C@H](O)[C@H]2O)cc1)C(=O)N1CCC(N2CCCCC2)CC1)N1CCC(N2CCc3ccccc3NC2=O)CC1. The molecule has 2 aromatic carbocycles. The standard InChI is InChI=1S/C40H56N6O9/c47-25-33-34(48)35(49)36(50)38(55-33)54-30-10-8-26(9-11-30)24-32(37(51)44-19-13-28(14-20-44)43-17-4-1-5-18-43)42-39(52)45-21-15-29(16-22-45)46-23-12-27-6-2-3-7-31(27)41-40(46)53/h2-3,6-11,28-29,32-36,38,47-50H,1,4-5,12-25H2,(H,41,53)(H,42,52)/t32-,33-,34+,35+,36-,38+/m1/s1. The summed E-state index contributed by atoms with van der Waals surface area (Å²) in [6, 6.07) is 13.9. The van der Waals surface area contributed by atoms with Crippen LogP contribution in [0.3, 0.4) is 0 Å². The van der Waals surface area contributed by atoms with Crippen molar-refractivity contribution in [2.75, 3.05) is 57.7 Å². The number of nitrogens with one attached hydrogen (secondary N) is 2. The molecule has 7 rings (SSSR count). The third kappa shape index (κ3) is 9.19. The Hall–Kier alpha value is -3.99. The monoisotopic (exact) mass is 764 g/mol. The lowest BCUT2D eigenvalue weighted by Crippen LogP contribution is -2.60. The number of rotatable bonds is 9. The highest BCUT2D eigenvalue weighted by Gasteiger charge is 2.45. The van der Waals surface area contributed by atoms with E-state index in [0.717, 1.165) is 49.2 Å². The fourth-order valence-electron chi connectivity index (χ4n) is 8.75. The first-order valence-electron chi connectivity index (χ1n) is 20.0. The van der Waals surface area contributed by atoms with Crippen LogP contribution in [0.5, 0.6) is 5.75 Å². The van der Waals surface area contributed by atoms with Crippen LogP contribution in [-0.2, 0) is 22.4 Å². The van der Waals surface area contributed by atoms with Gasteiger partial charge in [0.2, 0.25) is 12.2 Å². The van der Waals surface area contributed by atoms with Gasteiger partial charge < -0.3 is 60.1 Å². The van der Waals surface area contributed by atoms with Crippen LogP contribution in [0.2, 0.25) is 0 Å². The molecule has 5 heterocycles. The molecule has 0 saturated carbocycles. The molecule has 4 fully saturated rings. The number of ether oxygens (including phenoxy) is 2. The molecule has 0 unspecified atom stereocenters. The normalized spacial score (nSPS) is 27.8. The molecular formula is C40H56N6O9. The van der Waals surface area contributed by atoms with E-state index in [4.69, 9.17) is 9.47 Å². The zero-order chi connectivity index (χ0) is 38.5. The molecule has 15 nitrogen and oxygen atoms in total. The molecule has 6 N–H and O–H groups in total. The molecule has 0 bridgehead atoms. The van der Waals surface area contributed by atoms with Crippen molar-refractivity contribution < 1.29 is 44.3 Å². The Labute approximate surface area is 322 Å². The number of likely N-dealkylation sites (tertiary alicyclic amines) is 3. The second-order valence-electron chi connectivity index (χ2n) is 15.6. The molecule has 55 heavy (non-hydrogen) atoms. The first kappa shape index (κ1) is 39.3. The summed E-state index contributed by atoms with van der Waals surface area (Å²) in [6.45, 7) is 4.44. The van der Waals surface area contributed by atoms with Crippen molar-refractivity contribution in [2.45, 2.75) is 107 Å². The number of aliphatic hydroxyl groups is 4. The minimum Gasteiger partial charge on any atom is -0.462 e. The minimum absolute atomic E-state index is 0.000651. The van der Waals surface area contributed by atoms with Crippen molar-refractivity contribution in [3.05, 3.63) is 59.7 Å². The number of benzene rings is 2. The first-order chi connectivity index (χ1) is 26.7. The molecule has 5 aliphatic heterocycles. The van der Waals surface area contributed by atoms with Gasteiger partial charge >= 0.3 is 12.1 Å². The average molecular weight is 765 g/mol. The maximum absolute atomic E-state index is 14.2. The third-order valence-electron chi connectivity index (χ3n) is 12.1. The molecule has 0 aliphatic carbocycles. The Morgan fingerprint density at radius 1 is 0.818 bits per heavy atom. The number of hydrogen-bond donors (Lipinski definition) is 6. The van der Waals surface area contributed by atoms with E-state index in [-0.39, 0.29) is 30.4 Å². The summed E-state index contributed by atoms with van der Waals surface area (Å²) < 4.78 is 11.2. The molecule has 5 amide bonds. The number of urea groups is 2. The summed E-state index contributed by atoms with van der Waals surface area (Å²) in [5.74, 6) is 0.187. The van der Waals surface area contributed by atoms with Crippen molar-refractivity contribution in [3.63, 3.8) is 0 Å². The largest absolute Gasteiger partial charge is 0.462 e. The quantitative estimate of drug-likeness (QED) is 0.219. The van der Waals surface area contributed by atoms with Crippen molar-refractivity contribution in [1.82, 2.24) is 24.9 Å². The Balaban J connectivity index is 0.985. The van der Waals surface area contributed by atoms with Crippen LogP contribution in [0, 0.1) is 0 Å². The lowest BCUT2D eigenvalue weighted by Gasteiger charge is -2.41. The summed E-state index contributed by atoms with van der Waals surface area (Å²) in [7, 11) is 0. The topological polar surface area (TPSA) is 188 Å². The van der Waals surface area contributed by atoms with Gasteiger partial charge in [0.15, 0.2) is 0 Å². The van der Waals surface area contributed by atoms with Crippen molar-refractivity contribution >= 4 is 23.7 Å². The number of nitrogens with zero attached hydrogens (tertiary/aromatic N) is 4. The second kappa shape index (κ2) is 17.9. The van der Waals surface area contributed by atoms with Crippen LogP contribution < -0.4 is 15.4 Å². The predicted molar refractivity (Wildman–Crippen MR) is 202 cm³/mol. The van der Waals surface area contributed by atoms with E-state index in [2.05, 4.69) is 15.5 Å². The molecule has 0 radical (unpaired) electrons. The second-order valence-corrected chi connectivity index (χ2v) is 15.6. The zero-order valence-corrected chi connectivity index (χ0v) is 31.4. The number of hydrogen-bond acceptors (Lipinski definition) is 10. The predicted octanol–water partition coefficient (Wildman–Crippen LogP) is 1.52. The van der Waals surface area contributed by atoms with Gasteiger partial charge in [-0.1, -0.05) is 36.8 Å². The molecule has 300 valence electrons. The third-order valence-corrected chi connectivity index (χ3v) is 12.1. The maximum Gasteiger partial charge on any atom is 0.322 e. The van der Waals surface area contributed by atoms with Gasteiger partial charge in [-0.3, -0.25) is 4.79 Å². The molecular weight excluding hydrogens is 708 g/mol. The summed E-state index contributed by atoms with van der Waals surface area (Å²) in [6.07, 6.45) is 0.764. The van der Waals surface area contributed by atoms with Gasteiger partial charge in [0.25, 0.3) is 0 Å². The van der Waals surface area contributed by atoms with Gasteiger partial charge in [0.05, 0.1) is 6.61 Å². The summed E-state index contributed by atoms with van der Waals surface area (Å²) >= 11 is 0. The van der Waals surface area contributed by atoms with Crippen LogP contribution in [-0.4, -0.2) is 159 Å². The Morgan fingerprint density at radius 3 is 2.20 bits per heavy atom. The molecule has 0 aromatic heterocycles. The van der Waals surface area contributed by atoms with Crippen LogP contribution >= 0.6 is 0 Å². The summed E-state index contributed by atoms with van der Waals surface area (Å²) in [5.41, 5.74) is 2.72. The molecule has 5 aliphatic rings. The Morgan fingerprint density at radius 2 is 1.49 bits per heavy atom. The summed E-state index contributed by atoms with van der Waals surface area (Å²) in [4.78, 5) is 49.3. The van der Waals surface area contributed by atoms with Crippen LogP contribution in [0.25, 0.3) is 0 Å². The van der Waals surface area contributed by atoms with Gasteiger partial charge in [-0.25, -0.2) is 9.59 Å². The van der Waals surface area contributed by atoms with Crippen LogP contribution in [0.1, 0.15) is 56.1 Å². The fraction of sp³-hybridized carbons (Fsp3) is 0.625. The van der Waals surface area contributed by atoms with Gasteiger partial charge in [-0.15, -0.1) is 0 Å². The molecule has 15 heteroatoms. The number of piperidine rings is 3. The molecule has 0 spiro atoms. The van der Waals surface area contributed by atoms with Crippen molar-refractivity contribution in [1.29, 1.82) is 0 Å². The van der Waals surface area contributed by atoms with Crippen LogP contribution in [0.15, 0.2) is 48.5 Å². The van der Waals surface area contributed by atoms with Gasteiger partial charge in [0.1, 0.15) is 36.2 Å². The number of aliphatic hydroxyl groups excluding tert-OH is 4. The smallest absolute Gasteiger partial charge is 0.322 e. The van der Waals surface area contributed by atoms with E-state index in [0.29, 0.717) is 57.4 Å². The summed E-state index contributed by atoms with van der Waals surface area (Å²) in [5, 5.41) is 46.3. The van der Waals surface area contributed by atoms with Crippen molar-refractivity contribution in [3.8, 4) is 5.75 Å². The fourth-order valence-corrected chi connectivity index (χ4v) is 8.75. The lowest BCUT2D eigenvalue weighted by atomic mass is 9.98. The first-order valence-corrected chi connectivity index (χ1v) is 20.0. The highest BCUT2D eigenvalue weighted by Crippen LogP contribution is 2.27. The van der Waals surface area contributed by atoms with E-state index in [1.165, 1.54) is 19.3 Å². The van der Waals surface area contributed by atoms with Gasteiger partial charge in [-0.05, 0) is 87.4 Å². The number of amides is 5. The van der Waals surface area contributed by atoms with E-state index < -0.39 is 43.4 Å². The van der Waals surface area contributed by atoms with E-state index in [1.54, 1.807) is 29.2 Å². The average Bonchev–Trinajstić information content (AvgIpc) is 3.39. The minimum atomic E-state index is -1.56. The number of anilines is 1. The highest BCUT2D eigenvalue weighted by atomic mass is 16.7. The zero-order valence-electron chi connectivity index (χ0n) is 31.4. The number of fused-ring (bicyclic) bond motifs is 1. The highest BCUT2D eigenvalue weighted by molar-refractivity contribution is 5.91. The van der Waals surface area contributed by atoms with Gasteiger partial charge in [0, 0.05) is 56.9 Å². The maximum atomic E-state index is 14.2. The van der Waals surface area contributed by atoms with Gasteiger partial charge in [-0.2, -0.15) is 0 Å². The molecule has 4 saturated heterocycles. The molecule has 6 atom stereocenters. The van der Waals surface area contributed by atoms with Crippen molar-refractivity contribution in [2.24, 2.45) is 0 Å². The van der Waals surface area contributed by atoms with E-state index in [9.17, 15) is 34.8 Å². The van der Waals surface area contributed by atoms with Crippen LogP contribution in [0.4, 0.5) is 15.3 Å². The number of carbonyl (C=O) groups is 3. The number of para-hydroxylation sites is 1. The van der Waals surface area contributed by atoms with E-state index >= 15 is 0 Å². The Bertz CT molecular complexity index is 1610. The molecule has 2 aromatic rings. The lowest BCUT2D eigenvalue weighted by molar-refractivity contribution is -0.277.